The molecule has 1 unspecified atom stereocenters. The Morgan fingerprint density at radius 1 is 1.32 bits per heavy atom. The van der Waals surface area contributed by atoms with Crippen molar-refractivity contribution in [1.82, 2.24) is 5.32 Å². The van der Waals surface area contributed by atoms with Crippen LogP contribution < -0.4 is 5.32 Å². The minimum Gasteiger partial charge on any atom is -0.507 e. The molecule has 0 aliphatic carbocycles. The SMILES string of the molecule is Cc1cccc(C(=O)NCC(C(=O)O)C(C)C)c1O. The molecule has 1 atom stereocenters. The number of aromatic hydroxyl groups is 1. The van der Waals surface area contributed by atoms with E-state index < -0.39 is 17.8 Å². The Bertz CT molecular complexity index is 482. The summed E-state index contributed by atoms with van der Waals surface area (Å²) in [5.74, 6) is -2.20. The zero-order chi connectivity index (χ0) is 14.6. The highest BCUT2D eigenvalue weighted by atomic mass is 16.4. The molecule has 5 heteroatoms. The summed E-state index contributed by atoms with van der Waals surface area (Å²) in [5.41, 5.74) is 0.763. The van der Waals surface area contributed by atoms with E-state index in [0.29, 0.717) is 5.56 Å². The molecule has 0 spiro atoms. The van der Waals surface area contributed by atoms with E-state index in [1.54, 1.807) is 32.9 Å². The van der Waals surface area contributed by atoms with Crippen molar-refractivity contribution < 1.29 is 19.8 Å². The van der Waals surface area contributed by atoms with Crippen LogP contribution in [0.1, 0.15) is 29.8 Å². The number of hydrogen-bond donors (Lipinski definition) is 3. The van der Waals surface area contributed by atoms with Crippen molar-refractivity contribution in [3.8, 4) is 5.75 Å². The first-order chi connectivity index (χ1) is 8.84. The number of benzene rings is 1. The van der Waals surface area contributed by atoms with Crippen molar-refractivity contribution >= 4 is 11.9 Å². The lowest BCUT2D eigenvalue weighted by Crippen LogP contribution is -2.35. The van der Waals surface area contributed by atoms with Crippen LogP contribution in [0, 0.1) is 18.8 Å². The van der Waals surface area contributed by atoms with Crippen molar-refractivity contribution in [2.75, 3.05) is 6.54 Å². The van der Waals surface area contributed by atoms with Crippen LogP contribution in [0.25, 0.3) is 0 Å². The summed E-state index contributed by atoms with van der Waals surface area (Å²) in [6.07, 6.45) is 0. The average Bonchev–Trinajstić information content (AvgIpc) is 2.31. The van der Waals surface area contributed by atoms with Gasteiger partial charge in [0.25, 0.3) is 5.91 Å². The van der Waals surface area contributed by atoms with Gasteiger partial charge in [-0.05, 0) is 24.5 Å². The summed E-state index contributed by atoms with van der Waals surface area (Å²) in [7, 11) is 0. The van der Waals surface area contributed by atoms with Crippen LogP contribution >= 0.6 is 0 Å². The van der Waals surface area contributed by atoms with Crippen LogP contribution in [-0.2, 0) is 4.79 Å². The maximum atomic E-state index is 11.9. The number of hydrogen-bond acceptors (Lipinski definition) is 3. The second-order valence-corrected chi connectivity index (χ2v) is 4.87. The molecule has 0 fully saturated rings. The summed E-state index contributed by atoms with van der Waals surface area (Å²) in [5, 5.41) is 21.3. The zero-order valence-electron chi connectivity index (χ0n) is 11.3. The van der Waals surface area contributed by atoms with E-state index in [9.17, 15) is 14.7 Å². The van der Waals surface area contributed by atoms with E-state index >= 15 is 0 Å². The average molecular weight is 265 g/mol. The Morgan fingerprint density at radius 3 is 2.47 bits per heavy atom. The Kier molecular flexibility index (Phi) is 4.92. The molecule has 3 N–H and O–H groups in total. The predicted molar refractivity (Wildman–Crippen MR) is 71.1 cm³/mol. The van der Waals surface area contributed by atoms with Crippen LogP contribution in [0.3, 0.4) is 0 Å². The molecule has 0 aliphatic heterocycles. The molecule has 1 amide bonds. The molecule has 1 aromatic rings. The van der Waals surface area contributed by atoms with Crippen molar-refractivity contribution in [1.29, 1.82) is 0 Å². The highest BCUT2D eigenvalue weighted by Gasteiger charge is 2.22. The number of carboxylic acid groups (broad SMARTS) is 1. The topological polar surface area (TPSA) is 86.6 Å². The molecule has 0 saturated heterocycles. The first-order valence-electron chi connectivity index (χ1n) is 6.14. The number of phenolic OH excluding ortho intramolecular Hbond substituents is 1. The second-order valence-electron chi connectivity index (χ2n) is 4.87. The molecule has 0 aliphatic rings. The molecule has 1 aromatic carbocycles. The number of aryl methyl sites for hydroxylation is 1. The predicted octanol–water partition coefficient (Wildman–Crippen LogP) is 1.79. The van der Waals surface area contributed by atoms with Gasteiger partial charge in [-0.15, -0.1) is 0 Å². The fourth-order valence-electron chi connectivity index (χ4n) is 1.75. The number of phenols is 1. The fourth-order valence-corrected chi connectivity index (χ4v) is 1.75. The van der Waals surface area contributed by atoms with Crippen LogP contribution in [0.5, 0.6) is 5.75 Å². The summed E-state index contributed by atoms with van der Waals surface area (Å²) >= 11 is 0. The van der Waals surface area contributed by atoms with Gasteiger partial charge in [0, 0.05) is 6.54 Å². The maximum Gasteiger partial charge on any atom is 0.308 e. The molecule has 1 rings (SSSR count). The highest BCUT2D eigenvalue weighted by Crippen LogP contribution is 2.21. The maximum absolute atomic E-state index is 11.9. The van der Waals surface area contributed by atoms with Gasteiger partial charge in [0.15, 0.2) is 0 Å². The lowest BCUT2D eigenvalue weighted by atomic mass is 9.96. The lowest BCUT2D eigenvalue weighted by molar-refractivity contribution is -0.142. The molecule has 0 saturated carbocycles. The van der Waals surface area contributed by atoms with Gasteiger partial charge in [0.1, 0.15) is 5.75 Å². The third-order valence-electron chi connectivity index (χ3n) is 3.09. The van der Waals surface area contributed by atoms with E-state index in [1.165, 1.54) is 6.07 Å². The molecule has 0 heterocycles. The molecule has 0 bridgehead atoms. The van der Waals surface area contributed by atoms with Crippen molar-refractivity contribution in [3.05, 3.63) is 29.3 Å². The van der Waals surface area contributed by atoms with Gasteiger partial charge in [-0.1, -0.05) is 26.0 Å². The fraction of sp³-hybridized carbons (Fsp3) is 0.429. The molecule has 19 heavy (non-hydrogen) atoms. The Hall–Kier alpha value is -2.04. The monoisotopic (exact) mass is 265 g/mol. The standard InChI is InChI=1S/C14H19NO4/c1-8(2)11(14(18)19)7-15-13(17)10-6-4-5-9(3)12(10)16/h4-6,8,11,16H,7H2,1-3H3,(H,15,17)(H,18,19). The van der Waals surface area contributed by atoms with E-state index in [-0.39, 0.29) is 23.8 Å². The third-order valence-corrected chi connectivity index (χ3v) is 3.09. The van der Waals surface area contributed by atoms with Gasteiger partial charge in [0.05, 0.1) is 11.5 Å². The summed E-state index contributed by atoms with van der Waals surface area (Å²) in [6.45, 7) is 5.31. The van der Waals surface area contributed by atoms with Gasteiger partial charge >= 0.3 is 5.97 Å². The van der Waals surface area contributed by atoms with Crippen molar-refractivity contribution in [2.24, 2.45) is 11.8 Å². The third kappa shape index (κ3) is 3.71. The molecule has 5 nitrogen and oxygen atoms in total. The van der Waals surface area contributed by atoms with Gasteiger partial charge in [-0.25, -0.2) is 0 Å². The first-order valence-corrected chi connectivity index (χ1v) is 6.14. The van der Waals surface area contributed by atoms with Crippen LogP contribution in [0.4, 0.5) is 0 Å². The number of carboxylic acids is 1. The molecule has 104 valence electrons. The normalized spacial score (nSPS) is 12.2. The Morgan fingerprint density at radius 2 is 1.95 bits per heavy atom. The number of carbonyl (C=O) groups excluding carboxylic acids is 1. The molecular formula is C14H19NO4. The number of nitrogens with one attached hydrogen (secondary N) is 1. The molecular weight excluding hydrogens is 246 g/mol. The van der Waals surface area contributed by atoms with E-state index in [4.69, 9.17) is 5.11 Å². The smallest absolute Gasteiger partial charge is 0.308 e. The van der Waals surface area contributed by atoms with Crippen LogP contribution in [0.2, 0.25) is 0 Å². The quantitative estimate of drug-likeness (QED) is 0.757. The zero-order valence-corrected chi connectivity index (χ0v) is 11.3. The highest BCUT2D eigenvalue weighted by molar-refractivity contribution is 5.97. The van der Waals surface area contributed by atoms with Crippen molar-refractivity contribution in [2.45, 2.75) is 20.8 Å². The number of carbonyl (C=O) groups is 2. The number of amides is 1. The van der Waals surface area contributed by atoms with Gasteiger partial charge in [0.2, 0.25) is 0 Å². The molecule has 0 aromatic heterocycles. The molecule has 0 radical (unpaired) electrons. The summed E-state index contributed by atoms with van der Waals surface area (Å²) < 4.78 is 0. The first kappa shape index (κ1) is 15.0. The van der Waals surface area contributed by atoms with Gasteiger partial charge in [-0.2, -0.15) is 0 Å². The largest absolute Gasteiger partial charge is 0.507 e. The number of rotatable bonds is 5. The minimum atomic E-state index is -0.941. The summed E-state index contributed by atoms with van der Waals surface area (Å²) in [4.78, 5) is 22.9. The Balaban J connectivity index is 2.75. The van der Waals surface area contributed by atoms with Gasteiger partial charge in [-0.3, -0.25) is 9.59 Å². The Labute approximate surface area is 112 Å². The minimum absolute atomic E-state index is 0.0409. The summed E-state index contributed by atoms with van der Waals surface area (Å²) in [6, 6.07) is 4.87. The number of para-hydroxylation sites is 1. The van der Waals surface area contributed by atoms with Crippen LogP contribution in [0.15, 0.2) is 18.2 Å². The van der Waals surface area contributed by atoms with Crippen molar-refractivity contribution in [3.63, 3.8) is 0 Å². The van der Waals surface area contributed by atoms with Crippen LogP contribution in [-0.4, -0.2) is 28.6 Å². The van der Waals surface area contributed by atoms with E-state index in [0.717, 1.165) is 0 Å². The van der Waals surface area contributed by atoms with Gasteiger partial charge < -0.3 is 15.5 Å². The second kappa shape index (κ2) is 6.22. The lowest BCUT2D eigenvalue weighted by Gasteiger charge is -2.17. The van der Waals surface area contributed by atoms with E-state index in [1.807, 2.05) is 0 Å². The number of aliphatic carboxylic acids is 1. The van der Waals surface area contributed by atoms with E-state index in [2.05, 4.69) is 5.32 Å².